The van der Waals surface area contributed by atoms with E-state index in [1.54, 1.807) is 19.0 Å². The van der Waals surface area contributed by atoms with Gasteiger partial charge in [0.25, 0.3) is 0 Å². The van der Waals surface area contributed by atoms with Crippen LogP contribution in [-0.4, -0.2) is 86.4 Å². The number of likely N-dealkylation sites (N-methyl/N-ethyl adjacent to an activating group) is 1. The fraction of sp³-hybridized carbons (Fsp3) is 0.867. The summed E-state index contributed by atoms with van der Waals surface area (Å²) in [6.45, 7) is 5.57. The molecule has 2 saturated heterocycles. The Morgan fingerprint density at radius 2 is 1.95 bits per heavy atom. The number of rotatable bonds is 3. The predicted octanol–water partition coefficient (Wildman–Crippen LogP) is -0.391. The van der Waals surface area contributed by atoms with Crippen molar-refractivity contribution in [3.63, 3.8) is 0 Å². The maximum absolute atomic E-state index is 12.5. The fourth-order valence-corrected chi connectivity index (χ4v) is 3.00. The highest BCUT2D eigenvalue weighted by Crippen LogP contribution is 2.15. The number of hydrogen-bond donors (Lipinski definition) is 1. The summed E-state index contributed by atoms with van der Waals surface area (Å²) in [5.41, 5.74) is 0. The highest BCUT2D eigenvalue weighted by atomic mass is 16.2. The second-order valence-electron chi connectivity index (χ2n) is 6.29. The zero-order chi connectivity index (χ0) is 15.2. The minimum Gasteiger partial charge on any atom is -0.348 e. The SMILES string of the molecule is CN(C)C(=O)CN1CCCN(C(=O)C2CCCNC2)CC1. The Kier molecular flexibility index (Phi) is 5.99. The van der Waals surface area contributed by atoms with Gasteiger partial charge in [0.1, 0.15) is 0 Å². The third-order valence-corrected chi connectivity index (χ3v) is 4.40. The van der Waals surface area contributed by atoms with Crippen molar-refractivity contribution in [3.05, 3.63) is 0 Å². The average molecular weight is 296 g/mol. The molecule has 6 heteroatoms. The lowest BCUT2D eigenvalue weighted by Crippen LogP contribution is -2.44. The zero-order valence-electron chi connectivity index (χ0n) is 13.3. The van der Waals surface area contributed by atoms with Gasteiger partial charge < -0.3 is 15.1 Å². The van der Waals surface area contributed by atoms with E-state index in [-0.39, 0.29) is 11.8 Å². The highest BCUT2D eigenvalue weighted by Gasteiger charge is 2.27. The molecule has 0 spiro atoms. The number of carbonyl (C=O) groups excluding carboxylic acids is 2. The number of carbonyl (C=O) groups is 2. The molecule has 0 aromatic rings. The molecule has 0 aromatic heterocycles. The molecular weight excluding hydrogens is 268 g/mol. The summed E-state index contributed by atoms with van der Waals surface area (Å²) in [6, 6.07) is 0. The van der Waals surface area contributed by atoms with E-state index in [1.807, 2.05) is 4.90 Å². The highest BCUT2D eigenvalue weighted by molar-refractivity contribution is 5.79. The molecule has 120 valence electrons. The van der Waals surface area contributed by atoms with E-state index in [4.69, 9.17) is 0 Å². The Hall–Kier alpha value is -1.14. The quantitative estimate of drug-likeness (QED) is 0.770. The van der Waals surface area contributed by atoms with Crippen LogP contribution in [0.1, 0.15) is 19.3 Å². The van der Waals surface area contributed by atoms with Crippen molar-refractivity contribution in [2.24, 2.45) is 5.92 Å². The van der Waals surface area contributed by atoms with Crippen LogP contribution in [0.4, 0.5) is 0 Å². The van der Waals surface area contributed by atoms with E-state index < -0.39 is 0 Å². The van der Waals surface area contributed by atoms with E-state index in [1.165, 1.54) is 0 Å². The first-order chi connectivity index (χ1) is 10.1. The van der Waals surface area contributed by atoms with Gasteiger partial charge in [0.15, 0.2) is 0 Å². The normalized spacial score (nSPS) is 24.5. The predicted molar refractivity (Wildman–Crippen MR) is 81.9 cm³/mol. The Labute approximate surface area is 127 Å². The maximum Gasteiger partial charge on any atom is 0.236 e. The minimum absolute atomic E-state index is 0.131. The lowest BCUT2D eigenvalue weighted by Gasteiger charge is -2.29. The molecule has 1 unspecified atom stereocenters. The Morgan fingerprint density at radius 3 is 2.62 bits per heavy atom. The van der Waals surface area contributed by atoms with Crippen LogP contribution in [0.5, 0.6) is 0 Å². The van der Waals surface area contributed by atoms with Gasteiger partial charge in [0.05, 0.1) is 12.5 Å². The Bertz CT molecular complexity index is 367. The molecule has 2 aliphatic heterocycles. The summed E-state index contributed by atoms with van der Waals surface area (Å²) in [5, 5.41) is 3.31. The standard InChI is InChI=1S/C15H28N4O2/c1-17(2)14(20)12-18-7-4-8-19(10-9-18)15(21)13-5-3-6-16-11-13/h13,16H,3-12H2,1-2H3. The van der Waals surface area contributed by atoms with Crippen LogP contribution in [0, 0.1) is 5.92 Å². The molecular formula is C15H28N4O2. The van der Waals surface area contributed by atoms with Gasteiger partial charge in [0.2, 0.25) is 11.8 Å². The van der Waals surface area contributed by atoms with Gasteiger partial charge in [-0.3, -0.25) is 14.5 Å². The van der Waals surface area contributed by atoms with Crippen molar-refractivity contribution in [3.8, 4) is 0 Å². The summed E-state index contributed by atoms with van der Waals surface area (Å²) in [4.78, 5) is 30.1. The van der Waals surface area contributed by atoms with E-state index in [0.717, 1.165) is 58.5 Å². The van der Waals surface area contributed by atoms with Gasteiger partial charge in [0, 0.05) is 46.8 Å². The van der Waals surface area contributed by atoms with E-state index in [9.17, 15) is 9.59 Å². The molecule has 2 rings (SSSR count). The number of piperidine rings is 1. The smallest absolute Gasteiger partial charge is 0.236 e. The number of nitrogens with zero attached hydrogens (tertiary/aromatic N) is 3. The van der Waals surface area contributed by atoms with Gasteiger partial charge in [-0.25, -0.2) is 0 Å². The van der Waals surface area contributed by atoms with E-state index >= 15 is 0 Å². The molecule has 6 nitrogen and oxygen atoms in total. The molecule has 0 bridgehead atoms. The Balaban J connectivity index is 1.82. The third-order valence-electron chi connectivity index (χ3n) is 4.40. The summed E-state index contributed by atoms with van der Waals surface area (Å²) in [5.74, 6) is 0.572. The van der Waals surface area contributed by atoms with Crippen molar-refractivity contribution in [1.29, 1.82) is 0 Å². The molecule has 1 atom stereocenters. The molecule has 21 heavy (non-hydrogen) atoms. The van der Waals surface area contributed by atoms with Crippen LogP contribution in [0.25, 0.3) is 0 Å². The summed E-state index contributed by atoms with van der Waals surface area (Å²) < 4.78 is 0. The molecule has 0 saturated carbocycles. The van der Waals surface area contributed by atoms with E-state index in [2.05, 4.69) is 10.2 Å². The van der Waals surface area contributed by atoms with Gasteiger partial charge in [-0.15, -0.1) is 0 Å². The van der Waals surface area contributed by atoms with Crippen LogP contribution in [0.3, 0.4) is 0 Å². The molecule has 2 amide bonds. The second-order valence-corrected chi connectivity index (χ2v) is 6.29. The first-order valence-corrected chi connectivity index (χ1v) is 8.00. The number of amides is 2. The van der Waals surface area contributed by atoms with Gasteiger partial charge in [-0.1, -0.05) is 0 Å². The largest absolute Gasteiger partial charge is 0.348 e. The van der Waals surface area contributed by atoms with Crippen LogP contribution in [0.2, 0.25) is 0 Å². The second kappa shape index (κ2) is 7.75. The monoisotopic (exact) mass is 296 g/mol. The molecule has 2 fully saturated rings. The van der Waals surface area contributed by atoms with Crippen LogP contribution in [-0.2, 0) is 9.59 Å². The molecule has 1 N–H and O–H groups in total. The van der Waals surface area contributed by atoms with Crippen molar-refractivity contribution >= 4 is 11.8 Å². The van der Waals surface area contributed by atoms with Gasteiger partial charge in [-0.05, 0) is 25.8 Å². The topological polar surface area (TPSA) is 55.9 Å². The lowest BCUT2D eigenvalue weighted by molar-refractivity contribution is -0.135. The van der Waals surface area contributed by atoms with Gasteiger partial charge >= 0.3 is 0 Å². The summed E-state index contributed by atoms with van der Waals surface area (Å²) in [7, 11) is 3.57. The van der Waals surface area contributed by atoms with E-state index in [0.29, 0.717) is 12.5 Å². The maximum atomic E-state index is 12.5. The molecule has 0 aliphatic carbocycles. The lowest BCUT2D eigenvalue weighted by atomic mass is 9.98. The average Bonchev–Trinajstić information content (AvgIpc) is 2.73. The zero-order valence-corrected chi connectivity index (χ0v) is 13.3. The first-order valence-electron chi connectivity index (χ1n) is 8.00. The summed E-state index contributed by atoms with van der Waals surface area (Å²) in [6.07, 6.45) is 3.05. The van der Waals surface area contributed by atoms with Crippen LogP contribution in [0.15, 0.2) is 0 Å². The Morgan fingerprint density at radius 1 is 1.14 bits per heavy atom. The van der Waals surface area contributed by atoms with Crippen LogP contribution < -0.4 is 5.32 Å². The molecule has 0 aromatic carbocycles. The molecule has 0 radical (unpaired) electrons. The number of nitrogens with one attached hydrogen (secondary N) is 1. The van der Waals surface area contributed by atoms with Crippen LogP contribution >= 0.6 is 0 Å². The molecule has 2 aliphatic rings. The third kappa shape index (κ3) is 4.68. The van der Waals surface area contributed by atoms with Crippen molar-refractivity contribution in [1.82, 2.24) is 20.0 Å². The van der Waals surface area contributed by atoms with Gasteiger partial charge in [-0.2, -0.15) is 0 Å². The summed E-state index contributed by atoms with van der Waals surface area (Å²) >= 11 is 0. The minimum atomic E-state index is 0.131. The number of hydrogen-bond acceptors (Lipinski definition) is 4. The van der Waals surface area contributed by atoms with Crippen molar-refractivity contribution < 1.29 is 9.59 Å². The van der Waals surface area contributed by atoms with Crippen molar-refractivity contribution in [2.75, 3.05) is 59.9 Å². The first kappa shape index (κ1) is 16.2. The fourth-order valence-electron chi connectivity index (χ4n) is 3.00. The molecule has 2 heterocycles. The van der Waals surface area contributed by atoms with Crippen molar-refractivity contribution in [2.45, 2.75) is 19.3 Å².